The van der Waals surface area contributed by atoms with Crippen LogP contribution in [0.5, 0.6) is 0 Å². The molecule has 0 aliphatic carbocycles. The van der Waals surface area contributed by atoms with Crippen LogP contribution in [0.4, 0.5) is 24.7 Å². The Hall–Kier alpha value is -1.74. The van der Waals surface area contributed by atoms with Gasteiger partial charge >= 0.3 is 6.18 Å². The molecule has 0 radical (unpaired) electrons. The Morgan fingerprint density at radius 1 is 1.20 bits per heavy atom. The number of aromatic amines is 1. The minimum Gasteiger partial charge on any atom is -0.377 e. The number of rotatable bonds is 2. The molecule has 0 spiro atoms. The Morgan fingerprint density at radius 2 is 1.96 bits per heavy atom. The van der Waals surface area contributed by atoms with E-state index < -0.39 is 17.8 Å². The van der Waals surface area contributed by atoms with Gasteiger partial charge in [-0.15, -0.1) is 0 Å². The smallest absolute Gasteiger partial charge is 0.377 e. The van der Waals surface area contributed by atoms with Crippen molar-refractivity contribution >= 4 is 11.5 Å². The summed E-state index contributed by atoms with van der Waals surface area (Å²) in [6.07, 6.45) is -4.37. The van der Waals surface area contributed by atoms with E-state index in [1.807, 2.05) is 11.8 Å². The first-order valence-electron chi connectivity index (χ1n) is 8.36. The fraction of sp³-hybridized carbons (Fsp3) is 0.688. The van der Waals surface area contributed by atoms with Crippen LogP contribution in [0.1, 0.15) is 6.92 Å². The molecule has 1 unspecified atom stereocenters. The zero-order valence-electron chi connectivity index (χ0n) is 14.3. The minimum absolute atomic E-state index is 0.0642. The van der Waals surface area contributed by atoms with Crippen molar-refractivity contribution < 1.29 is 17.9 Å². The van der Waals surface area contributed by atoms with Crippen LogP contribution in [0.15, 0.2) is 16.9 Å². The van der Waals surface area contributed by atoms with Gasteiger partial charge in [0.1, 0.15) is 11.9 Å². The number of nitrogens with one attached hydrogen (secondary N) is 1. The third kappa shape index (κ3) is 3.92. The summed E-state index contributed by atoms with van der Waals surface area (Å²) in [6, 6.07) is 1.51. The van der Waals surface area contributed by atoms with Crippen molar-refractivity contribution in [2.24, 2.45) is 0 Å². The number of halogens is 3. The number of morpholine rings is 1. The lowest BCUT2D eigenvalue weighted by molar-refractivity contribution is -0.155. The van der Waals surface area contributed by atoms with Crippen LogP contribution in [-0.4, -0.2) is 74.6 Å². The molecule has 1 aromatic heterocycles. The lowest BCUT2D eigenvalue weighted by atomic mass is 10.1. The highest BCUT2D eigenvalue weighted by atomic mass is 19.4. The van der Waals surface area contributed by atoms with Gasteiger partial charge in [0.05, 0.1) is 13.2 Å². The van der Waals surface area contributed by atoms with E-state index in [9.17, 15) is 18.0 Å². The molecule has 2 saturated heterocycles. The quantitative estimate of drug-likeness (QED) is 0.861. The van der Waals surface area contributed by atoms with Gasteiger partial charge in [0.2, 0.25) is 0 Å². The van der Waals surface area contributed by atoms with Crippen LogP contribution in [0.3, 0.4) is 0 Å². The Labute approximate surface area is 144 Å². The summed E-state index contributed by atoms with van der Waals surface area (Å²) in [6.45, 7) is 4.23. The molecule has 0 amide bonds. The number of pyridine rings is 1. The van der Waals surface area contributed by atoms with Gasteiger partial charge in [0.25, 0.3) is 5.56 Å². The van der Waals surface area contributed by atoms with E-state index in [0.29, 0.717) is 32.0 Å². The van der Waals surface area contributed by atoms with Crippen LogP contribution in [-0.2, 0) is 4.74 Å². The normalized spacial score (nSPS) is 26.1. The fourth-order valence-corrected chi connectivity index (χ4v) is 3.43. The van der Waals surface area contributed by atoms with Crippen LogP contribution >= 0.6 is 0 Å². The molecule has 2 fully saturated rings. The second-order valence-corrected chi connectivity index (χ2v) is 6.72. The van der Waals surface area contributed by atoms with Gasteiger partial charge < -0.3 is 24.4 Å². The molecule has 0 aromatic carbocycles. The summed E-state index contributed by atoms with van der Waals surface area (Å²) in [5, 5.41) is 0. The molecule has 25 heavy (non-hydrogen) atoms. The maximum Gasteiger partial charge on any atom is 0.410 e. The largest absolute Gasteiger partial charge is 0.410 e. The average molecular weight is 360 g/mol. The van der Waals surface area contributed by atoms with Gasteiger partial charge in [0, 0.05) is 50.0 Å². The predicted molar refractivity (Wildman–Crippen MR) is 89.4 cm³/mol. The van der Waals surface area contributed by atoms with Gasteiger partial charge in [-0.1, -0.05) is 0 Å². The van der Waals surface area contributed by atoms with Gasteiger partial charge in [-0.3, -0.25) is 4.79 Å². The van der Waals surface area contributed by atoms with Gasteiger partial charge in [-0.2, -0.15) is 13.2 Å². The van der Waals surface area contributed by atoms with Crippen molar-refractivity contribution in [1.82, 2.24) is 9.88 Å². The maximum atomic E-state index is 13.5. The molecule has 1 aromatic rings. The summed E-state index contributed by atoms with van der Waals surface area (Å²) in [7, 11) is 1.67. The monoisotopic (exact) mass is 360 g/mol. The second-order valence-electron chi connectivity index (χ2n) is 6.72. The van der Waals surface area contributed by atoms with Crippen molar-refractivity contribution in [3.8, 4) is 0 Å². The number of ether oxygens (including phenoxy) is 1. The van der Waals surface area contributed by atoms with E-state index in [2.05, 4.69) is 4.98 Å². The van der Waals surface area contributed by atoms with Crippen molar-refractivity contribution in [1.29, 1.82) is 0 Å². The first kappa shape index (κ1) is 18.1. The highest BCUT2D eigenvalue weighted by molar-refractivity contribution is 5.56. The molecule has 3 rings (SSSR count). The molecule has 0 bridgehead atoms. The first-order valence-corrected chi connectivity index (χ1v) is 8.36. The van der Waals surface area contributed by atoms with Crippen LogP contribution in [0.2, 0.25) is 0 Å². The number of hydrogen-bond acceptors (Lipinski definition) is 5. The third-order valence-corrected chi connectivity index (χ3v) is 4.78. The van der Waals surface area contributed by atoms with E-state index in [1.54, 1.807) is 18.0 Å². The number of piperazine rings is 1. The Bertz CT molecular complexity index is 664. The molecule has 6 nitrogen and oxygen atoms in total. The summed E-state index contributed by atoms with van der Waals surface area (Å²) in [5.41, 5.74) is 0.237. The molecule has 2 aliphatic heterocycles. The van der Waals surface area contributed by atoms with Crippen LogP contribution in [0.25, 0.3) is 0 Å². The van der Waals surface area contributed by atoms with Gasteiger partial charge in [-0.25, -0.2) is 0 Å². The Balaban J connectivity index is 1.94. The van der Waals surface area contributed by atoms with Crippen LogP contribution < -0.4 is 15.4 Å². The second kappa shape index (κ2) is 6.87. The van der Waals surface area contributed by atoms with E-state index in [-0.39, 0.29) is 24.9 Å². The Kier molecular flexibility index (Phi) is 4.97. The maximum absolute atomic E-state index is 13.5. The van der Waals surface area contributed by atoms with Crippen molar-refractivity contribution in [2.45, 2.75) is 25.2 Å². The van der Waals surface area contributed by atoms with Crippen molar-refractivity contribution in [3.05, 3.63) is 22.5 Å². The van der Waals surface area contributed by atoms with E-state index in [1.165, 1.54) is 11.0 Å². The SMILES string of the molecule is C[C@@H]1COCCN1c1cc(N2CCN(C)CC2C(F)(F)F)[nH]c(=O)c1. The molecule has 0 saturated carbocycles. The number of likely N-dealkylation sites (N-methyl/N-ethyl adjacent to an activating group) is 1. The first-order chi connectivity index (χ1) is 11.8. The molecular formula is C16H23F3N4O2. The molecule has 140 valence electrons. The highest BCUT2D eigenvalue weighted by Crippen LogP contribution is 2.31. The zero-order chi connectivity index (χ0) is 18.2. The summed E-state index contributed by atoms with van der Waals surface area (Å²) < 4.78 is 45.8. The van der Waals surface area contributed by atoms with Gasteiger partial charge in [0.15, 0.2) is 0 Å². The predicted octanol–water partition coefficient (Wildman–Crippen LogP) is 1.28. The van der Waals surface area contributed by atoms with Gasteiger partial charge in [-0.05, 0) is 14.0 Å². The lowest BCUT2D eigenvalue weighted by Gasteiger charge is -2.42. The molecule has 2 aliphatic rings. The van der Waals surface area contributed by atoms with Crippen LogP contribution in [0, 0.1) is 0 Å². The van der Waals surface area contributed by atoms with E-state index in [0.717, 1.165) is 0 Å². The van der Waals surface area contributed by atoms with E-state index >= 15 is 0 Å². The zero-order valence-corrected chi connectivity index (χ0v) is 14.3. The summed E-state index contributed by atoms with van der Waals surface area (Å²) in [4.78, 5) is 19.6. The number of alkyl halides is 3. The molecule has 9 heteroatoms. The average Bonchev–Trinajstić information content (AvgIpc) is 2.53. The number of anilines is 2. The topological polar surface area (TPSA) is 51.8 Å². The summed E-state index contributed by atoms with van der Waals surface area (Å²) >= 11 is 0. The number of aromatic nitrogens is 1. The fourth-order valence-electron chi connectivity index (χ4n) is 3.43. The lowest BCUT2D eigenvalue weighted by Crippen LogP contribution is -2.58. The molecule has 3 heterocycles. The number of nitrogens with zero attached hydrogens (tertiary/aromatic N) is 3. The Morgan fingerprint density at radius 3 is 2.64 bits per heavy atom. The van der Waals surface area contributed by atoms with Crippen molar-refractivity contribution in [2.75, 3.05) is 56.2 Å². The highest BCUT2D eigenvalue weighted by Gasteiger charge is 2.46. The standard InChI is InChI=1S/C16H23F3N4O2/c1-11-10-25-6-5-22(11)12-7-14(20-15(24)8-12)23-4-3-21(2)9-13(23)16(17,18)19/h7-8,11,13H,3-6,9-10H2,1-2H3,(H,20,24)/t11-,13?/m1/s1. The molecular weight excluding hydrogens is 337 g/mol. The third-order valence-electron chi connectivity index (χ3n) is 4.78. The number of hydrogen-bond donors (Lipinski definition) is 1. The van der Waals surface area contributed by atoms with E-state index in [4.69, 9.17) is 4.74 Å². The molecule has 1 N–H and O–H groups in total. The molecule has 2 atom stereocenters. The minimum atomic E-state index is -4.37. The van der Waals surface area contributed by atoms with Crippen molar-refractivity contribution in [3.63, 3.8) is 0 Å². The summed E-state index contributed by atoms with van der Waals surface area (Å²) in [5.74, 6) is 0.219. The number of H-pyrrole nitrogens is 1.